The number of amides is 1. The molecule has 0 saturated carbocycles. The van der Waals surface area contributed by atoms with Crippen molar-refractivity contribution < 1.29 is 18.7 Å². The Morgan fingerprint density at radius 1 is 1.33 bits per heavy atom. The highest BCUT2D eigenvalue weighted by Crippen LogP contribution is 2.26. The van der Waals surface area contributed by atoms with E-state index in [0.29, 0.717) is 18.7 Å². The minimum absolute atomic E-state index is 0.126. The molecule has 1 N–H and O–H groups in total. The van der Waals surface area contributed by atoms with Crippen LogP contribution in [0.4, 0.5) is 4.39 Å². The van der Waals surface area contributed by atoms with Crippen LogP contribution in [-0.4, -0.2) is 26.2 Å². The van der Waals surface area contributed by atoms with E-state index < -0.39 is 5.82 Å². The number of fused-ring (bicyclic) bond motifs is 1. The zero-order chi connectivity index (χ0) is 16.9. The molecule has 0 saturated heterocycles. The molecule has 1 aliphatic heterocycles. The second-order valence-electron chi connectivity index (χ2n) is 5.94. The normalized spacial score (nSPS) is 16.0. The molecule has 1 atom stereocenters. The predicted octanol–water partition coefficient (Wildman–Crippen LogP) is 2.74. The van der Waals surface area contributed by atoms with Crippen molar-refractivity contribution >= 4 is 5.91 Å². The molecule has 0 bridgehead atoms. The average molecular weight is 329 g/mol. The number of methoxy groups -OCH3 is 1. The van der Waals surface area contributed by atoms with Gasteiger partial charge in [-0.25, -0.2) is 4.39 Å². The van der Waals surface area contributed by atoms with Crippen LogP contribution in [0.3, 0.4) is 0 Å². The van der Waals surface area contributed by atoms with Gasteiger partial charge in [-0.2, -0.15) is 0 Å². The Morgan fingerprint density at radius 2 is 2.17 bits per heavy atom. The largest absolute Gasteiger partial charge is 0.494 e. The summed E-state index contributed by atoms with van der Waals surface area (Å²) in [6.07, 6.45) is 1.03. The number of rotatable bonds is 5. The van der Waals surface area contributed by atoms with Crippen molar-refractivity contribution in [2.75, 3.05) is 20.3 Å². The van der Waals surface area contributed by atoms with E-state index in [1.165, 1.54) is 24.8 Å². The van der Waals surface area contributed by atoms with Gasteiger partial charge in [0.15, 0.2) is 11.6 Å². The summed E-state index contributed by atoms with van der Waals surface area (Å²) < 4.78 is 24.2. The summed E-state index contributed by atoms with van der Waals surface area (Å²) in [4.78, 5) is 12.1. The molecular formula is C19H20FNO3. The number of carbonyl (C=O) groups is 1. The van der Waals surface area contributed by atoms with Crippen molar-refractivity contribution in [1.82, 2.24) is 5.32 Å². The van der Waals surface area contributed by atoms with Crippen LogP contribution in [-0.2, 0) is 17.6 Å². The van der Waals surface area contributed by atoms with Gasteiger partial charge in [-0.15, -0.1) is 0 Å². The second kappa shape index (κ2) is 7.34. The second-order valence-corrected chi connectivity index (χ2v) is 5.94. The number of halogens is 1. The van der Waals surface area contributed by atoms with Crippen molar-refractivity contribution in [3.63, 3.8) is 0 Å². The highest BCUT2D eigenvalue weighted by atomic mass is 19.1. The minimum Gasteiger partial charge on any atom is -0.494 e. The molecular weight excluding hydrogens is 309 g/mol. The highest BCUT2D eigenvalue weighted by molar-refractivity contribution is 5.78. The van der Waals surface area contributed by atoms with Crippen LogP contribution in [0, 0.1) is 11.7 Å². The number of ether oxygens (including phenoxy) is 2. The maximum absolute atomic E-state index is 13.6. The van der Waals surface area contributed by atoms with Crippen LogP contribution < -0.4 is 14.8 Å². The number of hydrogen-bond donors (Lipinski definition) is 1. The summed E-state index contributed by atoms with van der Waals surface area (Å²) >= 11 is 0. The van der Waals surface area contributed by atoms with Gasteiger partial charge in [0, 0.05) is 12.5 Å². The third-order valence-corrected chi connectivity index (χ3v) is 4.12. The van der Waals surface area contributed by atoms with Crippen LogP contribution in [0.15, 0.2) is 42.5 Å². The molecule has 1 amide bonds. The van der Waals surface area contributed by atoms with Crippen molar-refractivity contribution in [2.45, 2.75) is 12.8 Å². The Bertz CT molecular complexity index is 732. The maximum Gasteiger partial charge on any atom is 0.224 e. The molecule has 4 nitrogen and oxygen atoms in total. The molecule has 0 fully saturated rings. The lowest BCUT2D eigenvalue weighted by Gasteiger charge is -2.25. The van der Waals surface area contributed by atoms with Crippen molar-refractivity contribution in [3.8, 4) is 11.5 Å². The molecule has 3 rings (SSSR count). The Hall–Kier alpha value is -2.56. The lowest BCUT2D eigenvalue weighted by Crippen LogP contribution is -2.35. The first-order valence-corrected chi connectivity index (χ1v) is 7.95. The molecule has 1 aliphatic rings. The van der Waals surface area contributed by atoms with Crippen LogP contribution in [0.5, 0.6) is 11.5 Å². The zero-order valence-corrected chi connectivity index (χ0v) is 13.5. The first kappa shape index (κ1) is 16.3. The summed E-state index contributed by atoms with van der Waals surface area (Å²) in [5, 5.41) is 2.91. The molecule has 0 aliphatic carbocycles. The monoisotopic (exact) mass is 329 g/mol. The van der Waals surface area contributed by atoms with Crippen LogP contribution in [0.1, 0.15) is 11.1 Å². The third kappa shape index (κ3) is 3.85. The van der Waals surface area contributed by atoms with Crippen molar-refractivity contribution in [1.29, 1.82) is 0 Å². The van der Waals surface area contributed by atoms with Crippen LogP contribution in [0.2, 0.25) is 0 Å². The summed E-state index contributed by atoms with van der Waals surface area (Å²) in [5.74, 6) is 0.765. The number of para-hydroxylation sites is 1. The quantitative estimate of drug-likeness (QED) is 0.917. The number of hydrogen-bond acceptors (Lipinski definition) is 3. The molecule has 5 heteroatoms. The summed E-state index contributed by atoms with van der Waals surface area (Å²) in [7, 11) is 1.41. The van der Waals surface area contributed by atoms with Crippen molar-refractivity contribution in [2.24, 2.45) is 5.92 Å². The van der Waals surface area contributed by atoms with Gasteiger partial charge in [-0.3, -0.25) is 4.79 Å². The smallest absolute Gasteiger partial charge is 0.224 e. The SMILES string of the molecule is COc1ccc(CC(=O)NCC2COc3ccccc3C2)cc1F. The van der Waals surface area contributed by atoms with Crippen LogP contribution in [0.25, 0.3) is 0 Å². The summed E-state index contributed by atoms with van der Waals surface area (Å²) in [6.45, 7) is 1.14. The van der Waals surface area contributed by atoms with Gasteiger partial charge in [-0.1, -0.05) is 24.3 Å². The predicted molar refractivity (Wildman–Crippen MR) is 88.8 cm³/mol. The van der Waals surface area contributed by atoms with E-state index in [1.807, 2.05) is 24.3 Å². The van der Waals surface area contributed by atoms with Crippen molar-refractivity contribution in [3.05, 3.63) is 59.4 Å². The van der Waals surface area contributed by atoms with E-state index >= 15 is 0 Å². The van der Waals surface area contributed by atoms with E-state index in [4.69, 9.17) is 9.47 Å². The Kier molecular flexibility index (Phi) is 4.99. The fourth-order valence-corrected chi connectivity index (χ4v) is 2.85. The number of benzene rings is 2. The Labute approximate surface area is 140 Å². The minimum atomic E-state index is -0.458. The highest BCUT2D eigenvalue weighted by Gasteiger charge is 2.20. The van der Waals surface area contributed by atoms with Gasteiger partial charge in [-0.05, 0) is 35.7 Å². The van der Waals surface area contributed by atoms with E-state index in [2.05, 4.69) is 5.32 Å². The molecule has 0 radical (unpaired) electrons. The van der Waals surface area contributed by atoms with Gasteiger partial charge in [0.25, 0.3) is 0 Å². The first-order chi connectivity index (χ1) is 11.7. The topological polar surface area (TPSA) is 47.6 Å². The van der Waals surface area contributed by atoms with E-state index in [1.54, 1.807) is 6.07 Å². The van der Waals surface area contributed by atoms with Crippen LogP contribution >= 0.6 is 0 Å². The Balaban J connectivity index is 1.50. The summed E-state index contributed by atoms with van der Waals surface area (Å²) in [6, 6.07) is 12.5. The fourth-order valence-electron chi connectivity index (χ4n) is 2.85. The molecule has 2 aromatic rings. The van der Waals surface area contributed by atoms with Gasteiger partial charge in [0.2, 0.25) is 5.91 Å². The molecule has 1 unspecified atom stereocenters. The molecule has 0 spiro atoms. The first-order valence-electron chi connectivity index (χ1n) is 7.95. The molecule has 0 aromatic heterocycles. The van der Waals surface area contributed by atoms with E-state index in [9.17, 15) is 9.18 Å². The van der Waals surface area contributed by atoms with Gasteiger partial charge in [0.1, 0.15) is 5.75 Å². The zero-order valence-electron chi connectivity index (χ0n) is 13.5. The summed E-state index contributed by atoms with van der Waals surface area (Å²) in [5.41, 5.74) is 1.79. The number of carbonyl (C=O) groups excluding carboxylic acids is 1. The van der Waals surface area contributed by atoms with E-state index in [-0.39, 0.29) is 24.0 Å². The fraction of sp³-hybridized carbons (Fsp3) is 0.316. The molecule has 126 valence electrons. The molecule has 24 heavy (non-hydrogen) atoms. The maximum atomic E-state index is 13.6. The lowest BCUT2D eigenvalue weighted by atomic mass is 9.96. The number of nitrogens with one attached hydrogen (secondary N) is 1. The standard InChI is InChI=1S/C19H20FNO3/c1-23-18-7-6-13(9-16(18)20)10-19(22)21-11-14-8-15-4-2-3-5-17(15)24-12-14/h2-7,9,14H,8,10-12H2,1H3,(H,21,22). The lowest BCUT2D eigenvalue weighted by molar-refractivity contribution is -0.120. The van der Waals surface area contributed by atoms with Gasteiger partial charge >= 0.3 is 0 Å². The third-order valence-electron chi connectivity index (χ3n) is 4.12. The molecule has 2 aromatic carbocycles. The Morgan fingerprint density at radius 3 is 2.96 bits per heavy atom. The van der Waals surface area contributed by atoms with Gasteiger partial charge in [0.05, 0.1) is 20.1 Å². The average Bonchev–Trinajstić information content (AvgIpc) is 2.60. The van der Waals surface area contributed by atoms with E-state index in [0.717, 1.165) is 12.2 Å². The van der Waals surface area contributed by atoms with Gasteiger partial charge < -0.3 is 14.8 Å². The molecule has 1 heterocycles.